The van der Waals surface area contributed by atoms with E-state index in [4.69, 9.17) is 4.74 Å². The van der Waals surface area contributed by atoms with Crippen molar-refractivity contribution >= 4 is 0 Å². The number of hydrogen-bond donors (Lipinski definition) is 3. The fourth-order valence-electron chi connectivity index (χ4n) is 2.28. The van der Waals surface area contributed by atoms with Crippen LogP contribution in [0.4, 0.5) is 0 Å². The Morgan fingerprint density at radius 3 is 3.00 bits per heavy atom. The Kier molecular flexibility index (Phi) is 2.68. The maximum atomic E-state index is 9.80. The number of phenolic OH excluding ortho intramolecular Hbond substituents is 1. The zero-order valence-electron chi connectivity index (χ0n) is 9.60. The first-order chi connectivity index (χ1) is 8.24. The molecule has 1 heterocycles. The monoisotopic (exact) mass is 235 g/mol. The maximum absolute atomic E-state index is 9.80. The molecule has 1 fully saturated rings. The van der Waals surface area contributed by atoms with Crippen LogP contribution in [0.25, 0.3) is 0 Å². The molecule has 92 valence electrons. The quantitative estimate of drug-likeness (QED) is 0.733. The Morgan fingerprint density at radius 2 is 2.24 bits per heavy atom. The largest absolute Gasteiger partial charge is 0.508 e. The third-order valence-corrected chi connectivity index (χ3v) is 3.52. The smallest absolute Gasteiger partial charge is 0.127 e. The summed E-state index contributed by atoms with van der Waals surface area (Å²) in [6, 6.07) is 5.30. The van der Waals surface area contributed by atoms with Gasteiger partial charge in [0.05, 0.1) is 12.1 Å². The van der Waals surface area contributed by atoms with Crippen molar-refractivity contribution in [3.63, 3.8) is 0 Å². The second-order valence-corrected chi connectivity index (χ2v) is 4.90. The molecule has 2 unspecified atom stereocenters. The minimum absolute atomic E-state index is 0.124. The summed E-state index contributed by atoms with van der Waals surface area (Å²) in [5, 5.41) is 22.5. The first kappa shape index (κ1) is 10.9. The third-order valence-electron chi connectivity index (χ3n) is 3.52. The molecule has 3 rings (SSSR count). The third kappa shape index (κ3) is 2.23. The van der Waals surface area contributed by atoms with Crippen molar-refractivity contribution in [3.8, 4) is 11.5 Å². The van der Waals surface area contributed by atoms with Crippen LogP contribution in [0.3, 0.4) is 0 Å². The van der Waals surface area contributed by atoms with Gasteiger partial charge < -0.3 is 20.3 Å². The number of phenols is 1. The number of rotatable bonds is 4. The van der Waals surface area contributed by atoms with Crippen LogP contribution in [0.2, 0.25) is 0 Å². The second kappa shape index (κ2) is 4.20. The molecule has 0 spiro atoms. The molecule has 1 aromatic rings. The van der Waals surface area contributed by atoms with Gasteiger partial charge in [-0.15, -0.1) is 0 Å². The molecule has 3 N–H and O–H groups in total. The molecular weight excluding hydrogens is 218 g/mol. The number of aromatic hydroxyl groups is 1. The van der Waals surface area contributed by atoms with E-state index in [1.165, 1.54) is 0 Å². The van der Waals surface area contributed by atoms with Crippen molar-refractivity contribution in [1.82, 2.24) is 5.32 Å². The molecule has 1 aromatic carbocycles. The highest BCUT2D eigenvalue weighted by Crippen LogP contribution is 2.36. The predicted molar refractivity (Wildman–Crippen MR) is 63.1 cm³/mol. The van der Waals surface area contributed by atoms with Gasteiger partial charge in [0, 0.05) is 18.2 Å². The molecule has 2 aliphatic rings. The fourth-order valence-corrected chi connectivity index (χ4v) is 2.28. The minimum Gasteiger partial charge on any atom is -0.508 e. The topological polar surface area (TPSA) is 61.7 Å². The van der Waals surface area contributed by atoms with E-state index in [-0.39, 0.29) is 17.9 Å². The molecule has 0 aromatic heterocycles. The number of aliphatic hydroxyl groups excluding tert-OH is 1. The number of hydrogen-bond acceptors (Lipinski definition) is 4. The normalized spacial score (nSPS) is 24.2. The molecule has 2 atom stereocenters. The fraction of sp³-hybridized carbons (Fsp3) is 0.538. The molecule has 17 heavy (non-hydrogen) atoms. The van der Waals surface area contributed by atoms with Crippen LogP contribution in [0.1, 0.15) is 24.4 Å². The van der Waals surface area contributed by atoms with Crippen LogP contribution < -0.4 is 10.1 Å². The molecule has 1 aliphatic heterocycles. The molecule has 0 radical (unpaired) electrons. The van der Waals surface area contributed by atoms with Gasteiger partial charge >= 0.3 is 0 Å². The molecule has 0 amide bonds. The van der Waals surface area contributed by atoms with Crippen molar-refractivity contribution in [2.45, 2.75) is 25.0 Å². The SMILES string of the molecule is Oc1ccc2c(c1)OCC2NCC(O)C1CC1. The highest BCUT2D eigenvalue weighted by atomic mass is 16.5. The molecule has 0 saturated heterocycles. The molecule has 4 nitrogen and oxygen atoms in total. The van der Waals surface area contributed by atoms with Gasteiger partial charge in [0.25, 0.3) is 0 Å². The summed E-state index contributed by atoms with van der Waals surface area (Å²) in [5.74, 6) is 1.45. The van der Waals surface area contributed by atoms with E-state index in [1.807, 2.05) is 6.07 Å². The lowest BCUT2D eigenvalue weighted by Crippen LogP contribution is -2.32. The van der Waals surface area contributed by atoms with Gasteiger partial charge in [-0.2, -0.15) is 0 Å². The van der Waals surface area contributed by atoms with Crippen LogP contribution in [0.5, 0.6) is 11.5 Å². The highest BCUT2D eigenvalue weighted by Gasteiger charge is 2.31. The van der Waals surface area contributed by atoms with Gasteiger partial charge in [-0.05, 0) is 30.9 Å². The first-order valence-electron chi connectivity index (χ1n) is 6.11. The Bertz CT molecular complexity index is 417. The van der Waals surface area contributed by atoms with E-state index < -0.39 is 0 Å². The van der Waals surface area contributed by atoms with Crippen molar-refractivity contribution in [2.75, 3.05) is 13.2 Å². The van der Waals surface area contributed by atoms with E-state index in [2.05, 4.69) is 5.32 Å². The lowest BCUT2D eigenvalue weighted by Gasteiger charge is -2.15. The number of aliphatic hydroxyl groups is 1. The van der Waals surface area contributed by atoms with E-state index >= 15 is 0 Å². The minimum atomic E-state index is -0.240. The Balaban J connectivity index is 1.62. The number of benzene rings is 1. The summed E-state index contributed by atoms with van der Waals surface area (Å²) >= 11 is 0. The van der Waals surface area contributed by atoms with Gasteiger partial charge in [-0.3, -0.25) is 0 Å². The zero-order chi connectivity index (χ0) is 11.8. The van der Waals surface area contributed by atoms with Gasteiger partial charge in [0.1, 0.15) is 18.1 Å². The van der Waals surface area contributed by atoms with Crippen molar-refractivity contribution in [2.24, 2.45) is 5.92 Å². The van der Waals surface area contributed by atoms with Gasteiger partial charge in [0.2, 0.25) is 0 Å². The Hall–Kier alpha value is -1.26. The molecule has 1 aliphatic carbocycles. The zero-order valence-corrected chi connectivity index (χ0v) is 9.60. The van der Waals surface area contributed by atoms with Crippen molar-refractivity contribution in [3.05, 3.63) is 23.8 Å². The van der Waals surface area contributed by atoms with Gasteiger partial charge in [-0.25, -0.2) is 0 Å². The van der Waals surface area contributed by atoms with Crippen molar-refractivity contribution < 1.29 is 14.9 Å². The van der Waals surface area contributed by atoms with Crippen LogP contribution in [0, 0.1) is 5.92 Å². The summed E-state index contributed by atoms with van der Waals surface area (Å²) in [6.07, 6.45) is 2.05. The average molecular weight is 235 g/mol. The molecule has 4 heteroatoms. The van der Waals surface area contributed by atoms with Crippen LogP contribution >= 0.6 is 0 Å². The van der Waals surface area contributed by atoms with Gasteiger partial charge in [-0.1, -0.05) is 0 Å². The lowest BCUT2D eigenvalue weighted by atomic mass is 10.1. The first-order valence-corrected chi connectivity index (χ1v) is 6.11. The van der Waals surface area contributed by atoms with Gasteiger partial charge in [0.15, 0.2) is 0 Å². The average Bonchev–Trinajstić information content (AvgIpc) is 3.08. The number of ether oxygens (including phenoxy) is 1. The van der Waals surface area contributed by atoms with Crippen molar-refractivity contribution in [1.29, 1.82) is 0 Å². The van der Waals surface area contributed by atoms with E-state index in [0.717, 1.165) is 24.2 Å². The summed E-state index contributed by atoms with van der Waals surface area (Å²) in [5.41, 5.74) is 1.06. The van der Waals surface area contributed by atoms with Crippen LogP contribution in [-0.4, -0.2) is 29.5 Å². The maximum Gasteiger partial charge on any atom is 0.127 e. The molecule has 0 bridgehead atoms. The number of nitrogens with one attached hydrogen (secondary N) is 1. The second-order valence-electron chi connectivity index (χ2n) is 4.90. The van der Waals surface area contributed by atoms with Crippen LogP contribution in [0.15, 0.2) is 18.2 Å². The number of fused-ring (bicyclic) bond motifs is 1. The lowest BCUT2D eigenvalue weighted by molar-refractivity contribution is 0.142. The standard InChI is InChI=1S/C13H17NO3/c15-9-3-4-10-11(7-17-13(10)5-9)14-6-12(16)8-1-2-8/h3-5,8,11-12,14-16H,1-2,6-7H2. The summed E-state index contributed by atoms with van der Waals surface area (Å²) in [7, 11) is 0. The Labute approximate surface area is 100 Å². The molecular formula is C13H17NO3. The Morgan fingerprint density at radius 1 is 1.41 bits per heavy atom. The highest BCUT2D eigenvalue weighted by molar-refractivity contribution is 5.44. The summed E-state index contributed by atoms with van der Waals surface area (Å²) in [6.45, 7) is 1.18. The van der Waals surface area contributed by atoms with E-state index in [9.17, 15) is 10.2 Å². The summed E-state index contributed by atoms with van der Waals surface area (Å²) in [4.78, 5) is 0. The molecule has 1 saturated carbocycles. The summed E-state index contributed by atoms with van der Waals surface area (Å²) < 4.78 is 5.50. The van der Waals surface area contributed by atoms with E-state index in [0.29, 0.717) is 19.1 Å². The van der Waals surface area contributed by atoms with E-state index in [1.54, 1.807) is 12.1 Å². The predicted octanol–water partition coefficient (Wildman–Crippen LogP) is 1.19. The van der Waals surface area contributed by atoms with Crippen LogP contribution in [-0.2, 0) is 0 Å².